The van der Waals surface area contributed by atoms with E-state index in [1.54, 1.807) is 43.6 Å². The molecule has 0 atom stereocenters. The number of hydrogen-bond acceptors (Lipinski definition) is 4. The SMILES string of the molecule is Cn1cc(-c2cc(N)ccc2Oc2ccc(Cl)cc2CCCO)c(Cl)cc1=O. The van der Waals surface area contributed by atoms with Crippen molar-refractivity contribution in [3.63, 3.8) is 0 Å². The Balaban J connectivity index is 2.08. The molecule has 0 fully saturated rings. The maximum Gasteiger partial charge on any atom is 0.251 e. The van der Waals surface area contributed by atoms with E-state index < -0.39 is 0 Å². The van der Waals surface area contributed by atoms with E-state index in [1.165, 1.54) is 10.6 Å². The Hall–Kier alpha value is -2.47. The highest BCUT2D eigenvalue weighted by Crippen LogP contribution is 2.39. The van der Waals surface area contributed by atoms with E-state index in [1.807, 2.05) is 6.07 Å². The number of hydrogen-bond donors (Lipinski definition) is 2. The van der Waals surface area contributed by atoms with E-state index in [4.69, 9.17) is 38.8 Å². The summed E-state index contributed by atoms with van der Waals surface area (Å²) in [4.78, 5) is 11.8. The molecule has 0 aliphatic rings. The van der Waals surface area contributed by atoms with Crippen LogP contribution in [0.4, 0.5) is 5.69 Å². The number of halogens is 2. The van der Waals surface area contributed by atoms with Crippen molar-refractivity contribution in [3.05, 3.63) is 74.6 Å². The second-order valence-electron chi connectivity index (χ2n) is 6.42. The Bertz CT molecular complexity index is 1060. The van der Waals surface area contributed by atoms with Gasteiger partial charge in [-0.05, 0) is 54.8 Å². The van der Waals surface area contributed by atoms with Gasteiger partial charge in [-0.2, -0.15) is 0 Å². The van der Waals surface area contributed by atoms with Crippen molar-refractivity contribution in [2.75, 3.05) is 12.3 Å². The van der Waals surface area contributed by atoms with Gasteiger partial charge in [0.05, 0.1) is 5.02 Å². The molecule has 0 spiro atoms. The van der Waals surface area contributed by atoms with Crippen molar-refractivity contribution in [1.82, 2.24) is 4.57 Å². The number of pyridine rings is 1. The summed E-state index contributed by atoms with van der Waals surface area (Å²) >= 11 is 12.4. The Morgan fingerprint density at radius 2 is 1.82 bits per heavy atom. The molecule has 3 rings (SSSR count). The zero-order valence-corrected chi connectivity index (χ0v) is 16.8. The van der Waals surface area contributed by atoms with Gasteiger partial charge < -0.3 is 20.1 Å². The van der Waals surface area contributed by atoms with Gasteiger partial charge in [-0.25, -0.2) is 0 Å². The smallest absolute Gasteiger partial charge is 0.251 e. The molecule has 0 bridgehead atoms. The third-order valence-electron chi connectivity index (χ3n) is 4.32. The number of aryl methyl sites for hydroxylation is 2. The number of benzene rings is 2. The first-order chi connectivity index (χ1) is 13.4. The monoisotopic (exact) mass is 418 g/mol. The Morgan fingerprint density at radius 3 is 2.57 bits per heavy atom. The molecule has 2 aromatic carbocycles. The van der Waals surface area contributed by atoms with Gasteiger partial charge in [0, 0.05) is 47.8 Å². The van der Waals surface area contributed by atoms with Crippen LogP contribution in [0, 0.1) is 0 Å². The lowest BCUT2D eigenvalue weighted by Crippen LogP contribution is -2.14. The molecule has 0 aliphatic carbocycles. The predicted octanol–water partition coefficient (Wildman–Crippen LogP) is 4.66. The van der Waals surface area contributed by atoms with Crippen molar-refractivity contribution in [3.8, 4) is 22.6 Å². The average molecular weight is 419 g/mol. The van der Waals surface area contributed by atoms with Crippen molar-refractivity contribution >= 4 is 28.9 Å². The highest BCUT2D eigenvalue weighted by atomic mass is 35.5. The normalized spacial score (nSPS) is 10.9. The number of rotatable bonds is 6. The molecule has 0 amide bonds. The summed E-state index contributed by atoms with van der Waals surface area (Å²) in [6, 6.07) is 12.0. The first kappa shape index (κ1) is 20.3. The molecule has 0 unspecified atom stereocenters. The van der Waals surface area contributed by atoms with Gasteiger partial charge >= 0.3 is 0 Å². The first-order valence-corrected chi connectivity index (χ1v) is 9.48. The topological polar surface area (TPSA) is 77.5 Å². The second-order valence-corrected chi connectivity index (χ2v) is 7.26. The maximum absolute atomic E-state index is 11.8. The lowest BCUT2D eigenvalue weighted by molar-refractivity contribution is 0.288. The van der Waals surface area contributed by atoms with Gasteiger partial charge in [-0.15, -0.1) is 0 Å². The Labute approximate surface area is 172 Å². The van der Waals surface area contributed by atoms with Crippen molar-refractivity contribution < 1.29 is 9.84 Å². The largest absolute Gasteiger partial charge is 0.456 e. The number of nitrogens with two attached hydrogens (primary N) is 1. The molecular weight excluding hydrogens is 399 g/mol. The van der Waals surface area contributed by atoms with Crippen LogP contribution >= 0.6 is 23.2 Å². The first-order valence-electron chi connectivity index (χ1n) is 8.72. The number of aliphatic hydroxyl groups is 1. The van der Waals surface area contributed by atoms with Crippen LogP contribution in [0.25, 0.3) is 11.1 Å². The van der Waals surface area contributed by atoms with Crippen LogP contribution < -0.4 is 16.0 Å². The molecule has 1 aromatic heterocycles. The summed E-state index contributed by atoms with van der Waals surface area (Å²) in [6.45, 7) is 0.0761. The fourth-order valence-electron chi connectivity index (χ4n) is 2.88. The maximum atomic E-state index is 11.8. The van der Waals surface area contributed by atoms with E-state index in [-0.39, 0.29) is 12.2 Å². The molecule has 7 heteroatoms. The molecule has 0 aliphatic heterocycles. The fraction of sp³-hybridized carbons (Fsp3) is 0.190. The number of ether oxygens (including phenoxy) is 1. The second kappa shape index (κ2) is 8.69. The predicted molar refractivity (Wildman–Crippen MR) is 113 cm³/mol. The number of aliphatic hydroxyl groups excluding tert-OH is 1. The van der Waals surface area contributed by atoms with E-state index in [9.17, 15) is 4.79 Å². The summed E-state index contributed by atoms with van der Waals surface area (Å²) < 4.78 is 7.63. The standard InChI is InChI=1S/C21H20Cl2N2O3/c1-25-12-17(18(23)11-21(25)27)16-10-15(24)5-7-20(16)28-19-6-4-14(22)9-13(19)3-2-8-26/h4-7,9-12,26H,2-3,8,24H2,1H3. The minimum absolute atomic E-state index is 0.0761. The number of nitrogens with zero attached hydrogens (tertiary/aromatic N) is 1. The third-order valence-corrected chi connectivity index (χ3v) is 4.87. The van der Waals surface area contributed by atoms with Crippen molar-refractivity contribution in [2.24, 2.45) is 7.05 Å². The van der Waals surface area contributed by atoms with E-state index >= 15 is 0 Å². The average Bonchev–Trinajstić information content (AvgIpc) is 2.66. The number of aromatic nitrogens is 1. The molecule has 0 radical (unpaired) electrons. The summed E-state index contributed by atoms with van der Waals surface area (Å²) in [6.07, 6.45) is 2.87. The lowest BCUT2D eigenvalue weighted by atomic mass is 10.0. The summed E-state index contributed by atoms with van der Waals surface area (Å²) in [5.41, 5.74) is 8.51. The fourth-order valence-corrected chi connectivity index (χ4v) is 3.32. The molecular formula is C21H20Cl2N2O3. The van der Waals surface area contributed by atoms with Crippen LogP contribution in [0.15, 0.2) is 53.5 Å². The molecule has 5 nitrogen and oxygen atoms in total. The molecule has 1 heterocycles. The van der Waals surface area contributed by atoms with Gasteiger partial charge in [-0.3, -0.25) is 4.79 Å². The third kappa shape index (κ3) is 4.50. The highest BCUT2D eigenvalue weighted by Gasteiger charge is 2.15. The van der Waals surface area contributed by atoms with E-state index in [0.717, 1.165) is 5.56 Å². The Morgan fingerprint density at radius 1 is 1.07 bits per heavy atom. The lowest BCUT2D eigenvalue weighted by Gasteiger charge is -2.16. The molecule has 0 saturated heterocycles. The van der Waals surface area contributed by atoms with Gasteiger partial charge in [0.2, 0.25) is 0 Å². The zero-order valence-electron chi connectivity index (χ0n) is 15.3. The highest BCUT2D eigenvalue weighted by molar-refractivity contribution is 6.33. The van der Waals surface area contributed by atoms with Gasteiger partial charge in [-0.1, -0.05) is 23.2 Å². The Kier molecular flexibility index (Phi) is 6.29. The number of anilines is 1. The molecule has 0 saturated carbocycles. The van der Waals surface area contributed by atoms with Crippen molar-refractivity contribution in [1.29, 1.82) is 0 Å². The molecule has 3 aromatic rings. The van der Waals surface area contributed by atoms with Crippen LogP contribution in [-0.2, 0) is 13.5 Å². The zero-order chi connectivity index (χ0) is 20.3. The van der Waals surface area contributed by atoms with Gasteiger partial charge in [0.1, 0.15) is 11.5 Å². The number of nitrogen functional groups attached to an aromatic ring is 1. The molecule has 3 N–H and O–H groups in total. The van der Waals surface area contributed by atoms with Crippen LogP contribution in [0.5, 0.6) is 11.5 Å². The van der Waals surface area contributed by atoms with Crippen LogP contribution in [0.3, 0.4) is 0 Å². The summed E-state index contributed by atoms with van der Waals surface area (Å²) in [7, 11) is 1.65. The van der Waals surface area contributed by atoms with Crippen molar-refractivity contribution in [2.45, 2.75) is 12.8 Å². The minimum Gasteiger partial charge on any atom is -0.456 e. The summed E-state index contributed by atoms with van der Waals surface area (Å²) in [5.74, 6) is 1.17. The quantitative estimate of drug-likeness (QED) is 0.570. The molecule has 28 heavy (non-hydrogen) atoms. The van der Waals surface area contributed by atoms with Crippen LogP contribution in [0.2, 0.25) is 10.0 Å². The van der Waals surface area contributed by atoms with Crippen LogP contribution in [0.1, 0.15) is 12.0 Å². The van der Waals surface area contributed by atoms with Gasteiger partial charge in [0.15, 0.2) is 0 Å². The van der Waals surface area contributed by atoms with Crippen LogP contribution in [-0.4, -0.2) is 16.3 Å². The van der Waals surface area contributed by atoms with E-state index in [0.29, 0.717) is 51.2 Å². The molecule has 146 valence electrons. The minimum atomic E-state index is -0.205. The summed E-state index contributed by atoms with van der Waals surface area (Å²) in [5, 5.41) is 10.1. The van der Waals surface area contributed by atoms with Gasteiger partial charge in [0.25, 0.3) is 5.56 Å². The van der Waals surface area contributed by atoms with E-state index in [2.05, 4.69) is 0 Å².